The van der Waals surface area contributed by atoms with E-state index in [2.05, 4.69) is 34.6 Å². The number of hydrogen-bond acceptors (Lipinski definition) is 0. The summed E-state index contributed by atoms with van der Waals surface area (Å²) < 4.78 is 0. The summed E-state index contributed by atoms with van der Waals surface area (Å²) in [6.45, 7) is 11.6. The minimum Gasteiger partial charge on any atom is -0.0651 e. The lowest BCUT2D eigenvalue weighted by molar-refractivity contribution is 0.410. The van der Waals surface area contributed by atoms with Crippen LogP contribution in [0.3, 0.4) is 0 Å². The minimum absolute atomic E-state index is 0.934. The molecule has 0 aliphatic carbocycles. The van der Waals surface area contributed by atoms with E-state index in [1.54, 1.807) is 5.92 Å². The molecule has 0 saturated carbocycles. The van der Waals surface area contributed by atoms with Crippen LogP contribution in [0.25, 0.3) is 0 Å². The Labute approximate surface area is 97.8 Å². The molecule has 0 aromatic heterocycles. The van der Waals surface area contributed by atoms with Crippen LogP contribution in [0.5, 0.6) is 0 Å². The van der Waals surface area contributed by atoms with Crippen LogP contribution < -0.4 is 0 Å². The fourth-order valence-electron chi connectivity index (χ4n) is 1.97. The van der Waals surface area contributed by atoms with Gasteiger partial charge >= 0.3 is 0 Å². The van der Waals surface area contributed by atoms with Crippen molar-refractivity contribution < 1.29 is 0 Å². The van der Waals surface area contributed by atoms with Crippen molar-refractivity contribution in [3.8, 4) is 0 Å². The highest BCUT2D eigenvalue weighted by Gasteiger charge is 2.04. The Morgan fingerprint density at radius 3 is 1.93 bits per heavy atom. The van der Waals surface area contributed by atoms with Crippen LogP contribution in [-0.2, 0) is 0 Å². The van der Waals surface area contributed by atoms with Crippen molar-refractivity contribution in [2.75, 3.05) is 0 Å². The van der Waals surface area contributed by atoms with Crippen molar-refractivity contribution in [2.45, 2.75) is 79.6 Å². The molecule has 15 heavy (non-hydrogen) atoms. The normalized spacial score (nSPS) is 15.6. The van der Waals surface area contributed by atoms with E-state index >= 15 is 0 Å². The predicted octanol–water partition coefficient (Wildman–Crippen LogP) is 5.62. The first-order valence-electron chi connectivity index (χ1n) is 6.85. The molecule has 0 aromatic carbocycles. The smallest absolute Gasteiger partial charge is 0.0303 e. The molecule has 0 amide bonds. The second-order valence-electron chi connectivity index (χ2n) is 5.65. The lowest BCUT2D eigenvalue weighted by Gasteiger charge is -2.13. The maximum absolute atomic E-state index is 2.42. The zero-order valence-electron chi connectivity index (χ0n) is 11.6. The minimum atomic E-state index is 0.934. The van der Waals surface area contributed by atoms with Crippen LogP contribution in [0.15, 0.2) is 0 Å². The Bertz CT molecular complexity index is 126. The van der Waals surface area contributed by atoms with E-state index < -0.39 is 0 Å². The summed E-state index contributed by atoms with van der Waals surface area (Å²) in [6.07, 6.45) is 9.80. The van der Waals surface area contributed by atoms with E-state index in [0.717, 1.165) is 11.8 Å². The molecule has 0 heterocycles. The van der Waals surface area contributed by atoms with E-state index in [4.69, 9.17) is 0 Å². The van der Waals surface area contributed by atoms with Gasteiger partial charge in [0.05, 0.1) is 0 Å². The maximum Gasteiger partial charge on any atom is -0.0303 e. The average molecular weight is 211 g/mol. The van der Waals surface area contributed by atoms with Gasteiger partial charge in [-0.15, -0.1) is 0 Å². The fourth-order valence-corrected chi connectivity index (χ4v) is 1.97. The van der Waals surface area contributed by atoms with Gasteiger partial charge in [-0.1, -0.05) is 73.1 Å². The Morgan fingerprint density at radius 1 is 0.867 bits per heavy atom. The summed E-state index contributed by atoms with van der Waals surface area (Å²) in [7, 11) is 0. The summed E-state index contributed by atoms with van der Waals surface area (Å²) >= 11 is 0. The van der Waals surface area contributed by atoms with Crippen molar-refractivity contribution in [3.63, 3.8) is 0 Å². The Morgan fingerprint density at radius 2 is 1.40 bits per heavy atom. The lowest BCUT2D eigenvalue weighted by atomic mass is 9.93. The Hall–Kier alpha value is 0. The van der Waals surface area contributed by atoms with Gasteiger partial charge in [-0.25, -0.2) is 0 Å². The van der Waals surface area contributed by atoms with Crippen LogP contribution in [0, 0.1) is 17.8 Å². The fraction of sp³-hybridized carbons (Fsp3) is 0.933. The molecule has 0 spiro atoms. The summed E-state index contributed by atoms with van der Waals surface area (Å²) in [4.78, 5) is 0. The molecule has 0 aliphatic rings. The van der Waals surface area contributed by atoms with Gasteiger partial charge in [0.15, 0.2) is 0 Å². The lowest BCUT2D eigenvalue weighted by Crippen LogP contribution is -1.98. The molecule has 0 N–H and O–H groups in total. The predicted molar refractivity (Wildman–Crippen MR) is 70.9 cm³/mol. The molecule has 91 valence electrons. The highest BCUT2D eigenvalue weighted by atomic mass is 14.1. The highest BCUT2D eigenvalue weighted by molar-refractivity contribution is 4.76. The standard InChI is InChI=1S/C15H31/c1-6-14(4)10-8-12-15(5)11-7-9-13(2)3/h14-15H,6-12H2,1-5H3. The van der Waals surface area contributed by atoms with Gasteiger partial charge in [0.25, 0.3) is 0 Å². The van der Waals surface area contributed by atoms with Crippen LogP contribution in [0.1, 0.15) is 79.6 Å². The van der Waals surface area contributed by atoms with Crippen molar-refractivity contribution in [1.82, 2.24) is 0 Å². The van der Waals surface area contributed by atoms with Crippen molar-refractivity contribution in [3.05, 3.63) is 5.92 Å². The molecule has 0 heteroatoms. The van der Waals surface area contributed by atoms with Gasteiger partial charge in [0.2, 0.25) is 0 Å². The van der Waals surface area contributed by atoms with Gasteiger partial charge in [-0.2, -0.15) is 0 Å². The average Bonchev–Trinajstić information content (AvgIpc) is 2.17. The summed E-state index contributed by atoms with van der Waals surface area (Å²) in [5.74, 6) is 3.46. The van der Waals surface area contributed by atoms with Gasteiger partial charge < -0.3 is 0 Å². The second-order valence-corrected chi connectivity index (χ2v) is 5.65. The molecule has 2 atom stereocenters. The van der Waals surface area contributed by atoms with Crippen LogP contribution in [0.4, 0.5) is 0 Å². The molecule has 0 fully saturated rings. The van der Waals surface area contributed by atoms with Crippen LogP contribution in [0.2, 0.25) is 0 Å². The van der Waals surface area contributed by atoms with E-state index in [9.17, 15) is 0 Å². The molecule has 0 nitrogen and oxygen atoms in total. The molecule has 1 radical (unpaired) electrons. The summed E-state index contributed by atoms with van der Waals surface area (Å²) in [6, 6.07) is 0. The summed E-state index contributed by atoms with van der Waals surface area (Å²) in [5, 5.41) is 0. The quantitative estimate of drug-likeness (QED) is 0.464. The maximum atomic E-state index is 2.42. The third-order valence-corrected chi connectivity index (χ3v) is 3.46. The van der Waals surface area contributed by atoms with Crippen molar-refractivity contribution >= 4 is 0 Å². The van der Waals surface area contributed by atoms with Crippen LogP contribution in [-0.4, -0.2) is 0 Å². The molecule has 0 rings (SSSR count). The van der Waals surface area contributed by atoms with Gasteiger partial charge in [-0.3, -0.25) is 0 Å². The zero-order chi connectivity index (χ0) is 11.7. The Balaban J connectivity index is 3.29. The van der Waals surface area contributed by atoms with E-state index in [-0.39, 0.29) is 0 Å². The highest BCUT2D eigenvalue weighted by Crippen LogP contribution is 2.20. The first-order chi connectivity index (χ1) is 7.06. The molecular formula is C15H31. The summed E-state index contributed by atoms with van der Waals surface area (Å²) in [5.41, 5.74) is 0. The SMILES string of the molecule is CCC(C)CCCC(C)CCC[C](C)C. The molecule has 0 bridgehead atoms. The van der Waals surface area contributed by atoms with E-state index in [1.807, 2.05) is 0 Å². The molecule has 0 aromatic rings. The third kappa shape index (κ3) is 10.3. The van der Waals surface area contributed by atoms with Crippen molar-refractivity contribution in [2.24, 2.45) is 11.8 Å². The second kappa shape index (κ2) is 9.24. The topological polar surface area (TPSA) is 0 Å². The molecular weight excluding hydrogens is 180 g/mol. The first-order valence-corrected chi connectivity index (χ1v) is 6.85. The molecule has 0 aliphatic heterocycles. The number of hydrogen-bond donors (Lipinski definition) is 0. The molecule has 0 saturated heterocycles. The molecule has 2 unspecified atom stereocenters. The van der Waals surface area contributed by atoms with E-state index in [1.165, 1.54) is 44.9 Å². The Kier molecular flexibility index (Phi) is 9.24. The first kappa shape index (κ1) is 15.0. The van der Waals surface area contributed by atoms with Crippen molar-refractivity contribution in [1.29, 1.82) is 0 Å². The van der Waals surface area contributed by atoms with Gasteiger partial charge in [0, 0.05) is 0 Å². The van der Waals surface area contributed by atoms with Crippen LogP contribution >= 0.6 is 0 Å². The monoisotopic (exact) mass is 211 g/mol. The largest absolute Gasteiger partial charge is 0.0651 e. The van der Waals surface area contributed by atoms with Gasteiger partial charge in [-0.05, 0) is 24.2 Å². The third-order valence-electron chi connectivity index (χ3n) is 3.46. The number of rotatable bonds is 9. The van der Waals surface area contributed by atoms with Gasteiger partial charge in [0.1, 0.15) is 0 Å². The zero-order valence-corrected chi connectivity index (χ0v) is 11.6. The van der Waals surface area contributed by atoms with E-state index in [0.29, 0.717) is 0 Å².